The van der Waals surface area contributed by atoms with Crippen molar-refractivity contribution < 1.29 is 0 Å². The van der Waals surface area contributed by atoms with Crippen LogP contribution in [0.3, 0.4) is 0 Å². The fourth-order valence-corrected chi connectivity index (χ4v) is 2.56. The normalized spacial score (nSPS) is 23.1. The van der Waals surface area contributed by atoms with E-state index in [1.165, 1.54) is 0 Å². The predicted octanol–water partition coefficient (Wildman–Crippen LogP) is 1.42. The van der Waals surface area contributed by atoms with Gasteiger partial charge in [0.1, 0.15) is 0 Å². The van der Waals surface area contributed by atoms with E-state index in [9.17, 15) is 0 Å². The minimum atomic E-state index is 0.125. The number of nitriles is 1. The molecule has 102 valence electrons. The lowest BCUT2D eigenvalue weighted by atomic mass is 9.95. The van der Waals surface area contributed by atoms with Crippen molar-refractivity contribution in [3.8, 4) is 6.07 Å². The topological polar surface area (TPSA) is 56.3 Å². The van der Waals surface area contributed by atoms with E-state index in [1.54, 1.807) is 0 Å². The average Bonchev–Trinajstić information content (AvgIpc) is 2.41. The number of nitrogens with zero attached hydrogens (tertiary/aromatic N) is 3. The zero-order chi connectivity index (χ0) is 14.0. The maximum absolute atomic E-state index is 8.86. The summed E-state index contributed by atoms with van der Waals surface area (Å²) in [7, 11) is 2.15. The number of rotatable bonds is 2. The first-order valence-electron chi connectivity index (χ1n) is 6.66. The van der Waals surface area contributed by atoms with E-state index in [0.29, 0.717) is 18.2 Å². The summed E-state index contributed by atoms with van der Waals surface area (Å²) in [6, 6.07) is 10.3. The van der Waals surface area contributed by atoms with Crippen LogP contribution in [0.4, 0.5) is 5.69 Å². The molecule has 1 aliphatic heterocycles. The van der Waals surface area contributed by atoms with Gasteiger partial charge in [0.15, 0.2) is 0 Å². The molecule has 1 atom stereocenters. The van der Waals surface area contributed by atoms with Gasteiger partial charge in [-0.3, -0.25) is 4.90 Å². The van der Waals surface area contributed by atoms with Gasteiger partial charge in [-0.05, 0) is 45.2 Å². The van der Waals surface area contributed by atoms with Gasteiger partial charge in [0, 0.05) is 30.9 Å². The summed E-state index contributed by atoms with van der Waals surface area (Å²) in [5, 5.41) is 8.86. The van der Waals surface area contributed by atoms with Gasteiger partial charge in [-0.25, -0.2) is 0 Å². The second-order valence-electron chi connectivity index (χ2n) is 5.87. The molecule has 1 aromatic carbocycles. The smallest absolute Gasteiger partial charge is 0.0991 e. The maximum Gasteiger partial charge on any atom is 0.0991 e. The summed E-state index contributed by atoms with van der Waals surface area (Å²) in [5.74, 6) is 0. The third-order valence-electron chi connectivity index (χ3n) is 4.12. The molecule has 4 nitrogen and oxygen atoms in total. The molecule has 1 fully saturated rings. The Morgan fingerprint density at radius 1 is 1.37 bits per heavy atom. The minimum absolute atomic E-state index is 0.125. The number of anilines is 1. The highest BCUT2D eigenvalue weighted by Gasteiger charge is 2.36. The largest absolute Gasteiger partial charge is 0.364 e. The van der Waals surface area contributed by atoms with Crippen LogP contribution in [0.5, 0.6) is 0 Å². The Bertz CT molecular complexity index is 472. The van der Waals surface area contributed by atoms with Crippen molar-refractivity contribution in [1.82, 2.24) is 4.90 Å². The van der Waals surface area contributed by atoms with E-state index in [1.807, 2.05) is 24.3 Å². The Kier molecular flexibility index (Phi) is 3.79. The van der Waals surface area contributed by atoms with Crippen LogP contribution >= 0.6 is 0 Å². The number of piperazine rings is 1. The molecule has 0 amide bonds. The molecule has 0 aliphatic carbocycles. The first-order valence-corrected chi connectivity index (χ1v) is 6.66. The Morgan fingerprint density at radius 2 is 2.00 bits per heavy atom. The number of nitrogens with two attached hydrogens (primary N) is 1. The number of hydrogen-bond donors (Lipinski definition) is 1. The van der Waals surface area contributed by atoms with Crippen molar-refractivity contribution >= 4 is 5.69 Å². The van der Waals surface area contributed by atoms with E-state index in [4.69, 9.17) is 11.0 Å². The fraction of sp³-hybridized carbons (Fsp3) is 0.533. The lowest BCUT2D eigenvalue weighted by Gasteiger charge is -2.50. The van der Waals surface area contributed by atoms with Crippen molar-refractivity contribution in [3.05, 3.63) is 29.8 Å². The molecular formula is C15H22N4. The Balaban J connectivity index is 2.27. The molecule has 0 saturated carbocycles. The van der Waals surface area contributed by atoms with Crippen LogP contribution in [0.2, 0.25) is 0 Å². The molecule has 0 radical (unpaired) electrons. The first-order chi connectivity index (χ1) is 8.97. The van der Waals surface area contributed by atoms with Crippen molar-refractivity contribution in [2.75, 3.05) is 31.6 Å². The molecule has 1 aromatic rings. The van der Waals surface area contributed by atoms with E-state index in [0.717, 1.165) is 18.8 Å². The van der Waals surface area contributed by atoms with Crippen molar-refractivity contribution in [2.45, 2.75) is 25.4 Å². The van der Waals surface area contributed by atoms with Gasteiger partial charge >= 0.3 is 0 Å². The van der Waals surface area contributed by atoms with Gasteiger partial charge in [0.05, 0.1) is 17.7 Å². The quantitative estimate of drug-likeness (QED) is 0.871. The number of hydrogen-bond acceptors (Lipinski definition) is 4. The third kappa shape index (κ3) is 2.73. The molecule has 0 aromatic heterocycles. The number of likely N-dealkylation sites (N-methyl/N-ethyl adjacent to an activating group) is 1. The zero-order valence-corrected chi connectivity index (χ0v) is 11.9. The average molecular weight is 258 g/mol. The second kappa shape index (κ2) is 5.20. The highest BCUT2D eigenvalue weighted by molar-refractivity contribution is 5.51. The highest BCUT2D eigenvalue weighted by Crippen LogP contribution is 2.27. The summed E-state index contributed by atoms with van der Waals surface area (Å²) in [6.45, 7) is 7.04. The molecule has 1 heterocycles. The van der Waals surface area contributed by atoms with Gasteiger partial charge in [-0.1, -0.05) is 0 Å². The van der Waals surface area contributed by atoms with Crippen LogP contribution in [0, 0.1) is 11.3 Å². The molecular weight excluding hydrogens is 236 g/mol. The van der Waals surface area contributed by atoms with Gasteiger partial charge in [0.2, 0.25) is 0 Å². The summed E-state index contributed by atoms with van der Waals surface area (Å²) < 4.78 is 0. The van der Waals surface area contributed by atoms with Crippen LogP contribution in [0.1, 0.15) is 19.4 Å². The van der Waals surface area contributed by atoms with E-state index < -0.39 is 0 Å². The highest BCUT2D eigenvalue weighted by atomic mass is 15.3. The summed E-state index contributed by atoms with van der Waals surface area (Å²) >= 11 is 0. The molecule has 4 heteroatoms. The van der Waals surface area contributed by atoms with Crippen molar-refractivity contribution in [1.29, 1.82) is 5.26 Å². The number of benzene rings is 1. The molecule has 2 rings (SSSR count). The summed E-state index contributed by atoms with van der Waals surface area (Å²) in [6.07, 6.45) is 0. The molecule has 1 saturated heterocycles. The monoisotopic (exact) mass is 258 g/mol. The molecule has 0 bridgehead atoms. The molecule has 1 unspecified atom stereocenters. The first kappa shape index (κ1) is 13.9. The molecule has 2 N–H and O–H groups in total. The van der Waals surface area contributed by atoms with Crippen molar-refractivity contribution in [3.63, 3.8) is 0 Å². The Morgan fingerprint density at radius 3 is 2.53 bits per heavy atom. The van der Waals surface area contributed by atoms with Crippen LogP contribution in [-0.4, -0.2) is 43.2 Å². The van der Waals surface area contributed by atoms with Crippen LogP contribution in [0.25, 0.3) is 0 Å². The molecule has 19 heavy (non-hydrogen) atoms. The van der Waals surface area contributed by atoms with Gasteiger partial charge in [-0.2, -0.15) is 5.26 Å². The molecule has 1 aliphatic rings. The lowest BCUT2D eigenvalue weighted by Crippen LogP contribution is -2.64. The van der Waals surface area contributed by atoms with Gasteiger partial charge in [-0.15, -0.1) is 0 Å². The standard InChI is InChI=1S/C15H22N4/c1-15(2)11-19(14(9-17)10-18(15)3)13-6-4-12(8-16)5-7-13/h4-7,14H,9-11,17H2,1-3H3. The second-order valence-corrected chi connectivity index (χ2v) is 5.87. The molecule has 0 spiro atoms. The van der Waals surface area contributed by atoms with E-state index >= 15 is 0 Å². The van der Waals surface area contributed by atoms with Crippen molar-refractivity contribution in [2.24, 2.45) is 5.73 Å². The fourth-order valence-electron chi connectivity index (χ4n) is 2.56. The van der Waals surface area contributed by atoms with Crippen LogP contribution in [-0.2, 0) is 0 Å². The zero-order valence-electron chi connectivity index (χ0n) is 11.9. The van der Waals surface area contributed by atoms with Gasteiger partial charge < -0.3 is 10.6 Å². The van der Waals surface area contributed by atoms with Gasteiger partial charge in [0.25, 0.3) is 0 Å². The summed E-state index contributed by atoms with van der Waals surface area (Å²) in [4.78, 5) is 4.73. The maximum atomic E-state index is 8.86. The van der Waals surface area contributed by atoms with Crippen LogP contribution in [0.15, 0.2) is 24.3 Å². The Hall–Kier alpha value is -1.57. The van der Waals surface area contributed by atoms with Crippen LogP contribution < -0.4 is 10.6 Å². The summed E-state index contributed by atoms with van der Waals surface area (Å²) in [5.41, 5.74) is 7.89. The lowest BCUT2D eigenvalue weighted by molar-refractivity contribution is 0.116. The van der Waals surface area contributed by atoms with E-state index in [-0.39, 0.29) is 5.54 Å². The predicted molar refractivity (Wildman–Crippen MR) is 78.1 cm³/mol. The SMILES string of the molecule is CN1CC(CN)N(c2ccc(C#N)cc2)CC1(C)C. The third-order valence-corrected chi connectivity index (χ3v) is 4.12. The minimum Gasteiger partial charge on any atom is -0.364 e. The Labute approximate surface area is 115 Å². The van der Waals surface area contributed by atoms with E-state index in [2.05, 4.69) is 36.8 Å².